The van der Waals surface area contributed by atoms with Gasteiger partial charge in [-0.2, -0.15) is 0 Å². The van der Waals surface area contributed by atoms with Crippen LogP contribution in [0.1, 0.15) is 37.4 Å². The van der Waals surface area contributed by atoms with Gasteiger partial charge in [0, 0.05) is 6.04 Å². The van der Waals surface area contributed by atoms with Gasteiger partial charge in [0.2, 0.25) is 0 Å². The van der Waals surface area contributed by atoms with Gasteiger partial charge in [-0.3, -0.25) is 0 Å². The first kappa shape index (κ1) is 14.2. The predicted octanol–water partition coefficient (Wildman–Crippen LogP) is 4.35. The molecule has 1 N–H and O–H groups in total. The standard InChI is InChI=1S/C19H23NO/c1-3-20-14(2)15-6-4-7-16(12-15)17-9-10-19-18(13-17)8-5-11-21-19/h4,6-7,9-10,12-14,20H,3,5,8,11H2,1-2H3. The van der Waals surface area contributed by atoms with Gasteiger partial charge in [-0.15, -0.1) is 0 Å². The number of aryl methyl sites for hydroxylation is 1. The van der Waals surface area contributed by atoms with Crippen molar-refractivity contribution in [3.63, 3.8) is 0 Å². The molecule has 0 saturated carbocycles. The Kier molecular flexibility index (Phi) is 4.26. The van der Waals surface area contributed by atoms with Crippen LogP contribution in [0.2, 0.25) is 0 Å². The van der Waals surface area contributed by atoms with Gasteiger partial charge in [-0.25, -0.2) is 0 Å². The number of hydrogen-bond acceptors (Lipinski definition) is 2. The number of ether oxygens (including phenoxy) is 1. The number of fused-ring (bicyclic) bond motifs is 1. The Hall–Kier alpha value is -1.80. The number of hydrogen-bond donors (Lipinski definition) is 1. The molecule has 0 saturated heterocycles. The average Bonchev–Trinajstić information content (AvgIpc) is 2.55. The molecule has 2 nitrogen and oxygen atoms in total. The molecule has 3 rings (SSSR count). The normalized spacial score (nSPS) is 15.1. The molecule has 0 bridgehead atoms. The highest BCUT2D eigenvalue weighted by atomic mass is 16.5. The molecule has 1 atom stereocenters. The second kappa shape index (κ2) is 6.31. The monoisotopic (exact) mass is 281 g/mol. The van der Waals surface area contributed by atoms with E-state index in [0.29, 0.717) is 6.04 Å². The largest absolute Gasteiger partial charge is 0.493 e. The van der Waals surface area contributed by atoms with E-state index in [1.807, 2.05) is 0 Å². The molecule has 2 heteroatoms. The van der Waals surface area contributed by atoms with E-state index >= 15 is 0 Å². The Morgan fingerprint density at radius 1 is 1.14 bits per heavy atom. The third-order valence-electron chi connectivity index (χ3n) is 4.14. The maximum Gasteiger partial charge on any atom is 0.122 e. The molecule has 0 amide bonds. The third kappa shape index (κ3) is 3.11. The van der Waals surface area contributed by atoms with Crippen LogP contribution in [0, 0.1) is 0 Å². The molecular formula is C19H23NO. The van der Waals surface area contributed by atoms with Gasteiger partial charge in [0.1, 0.15) is 5.75 Å². The fraction of sp³-hybridized carbons (Fsp3) is 0.368. The van der Waals surface area contributed by atoms with Crippen molar-refractivity contribution in [3.05, 3.63) is 53.6 Å². The topological polar surface area (TPSA) is 21.3 Å². The van der Waals surface area contributed by atoms with Crippen molar-refractivity contribution in [2.45, 2.75) is 32.7 Å². The van der Waals surface area contributed by atoms with Gasteiger partial charge in [-0.1, -0.05) is 31.2 Å². The molecule has 0 radical (unpaired) electrons. The SMILES string of the molecule is CCNC(C)c1cccc(-c2ccc3c(c2)CCCO3)c1. The lowest BCUT2D eigenvalue weighted by atomic mass is 9.96. The lowest BCUT2D eigenvalue weighted by molar-refractivity contribution is 0.288. The molecule has 0 fully saturated rings. The van der Waals surface area contributed by atoms with Gasteiger partial charge in [0.25, 0.3) is 0 Å². The van der Waals surface area contributed by atoms with Crippen LogP contribution in [0.25, 0.3) is 11.1 Å². The first-order chi connectivity index (χ1) is 10.3. The van der Waals surface area contributed by atoms with E-state index in [9.17, 15) is 0 Å². The summed E-state index contributed by atoms with van der Waals surface area (Å²) in [4.78, 5) is 0. The smallest absolute Gasteiger partial charge is 0.122 e. The van der Waals surface area contributed by atoms with Crippen LogP contribution in [0.4, 0.5) is 0 Å². The first-order valence-corrected chi connectivity index (χ1v) is 7.87. The fourth-order valence-corrected chi connectivity index (χ4v) is 2.95. The predicted molar refractivity (Wildman–Crippen MR) is 87.8 cm³/mol. The van der Waals surface area contributed by atoms with Crippen LogP contribution >= 0.6 is 0 Å². The fourth-order valence-electron chi connectivity index (χ4n) is 2.95. The van der Waals surface area contributed by atoms with Crippen molar-refractivity contribution in [1.82, 2.24) is 5.32 Å². The van der Waals surface area contributed by atoms with Crippen molar-refractivity contribution >= 4 is 0 Å². The summed E-state index contributed by atoms with van der Waals surface area (Å²) in [5, 5.41) is 3.47. The molecule has 1 aliphatic heterocycles. The molecule has 1 heterocycles. The molecule has 2 aromatic carbocycles. The van der Waals surface area contributed by atoms with E-state index < -0.39 is 0 Å². The van der Waals surface area contributed by atoms with Crippen LogP contribution in [0.5, 0.6) is 5.75 Å². The first-order valence-electron chi connectivity index (χ1n) is 7.87. The summed E-state index contributed by atoms with van der Waals surface area (Å²) >= 11 is 0. The quantitative estimate of drug-likeness (QED) is 0.899. The van der Waals surface area contributed by atoms with E-state index in [1.165, 1.54) is 22.3 Å². The Balaban J connectivity index is 1.91. The molecule has 0 spiro atoms. The molecule has 1 aliphatic rings. The minimum atomic E-state index is 0.385. The average molecular weight is 281 g/mol. The van der Waals surface area contributed by atoms with Crippen LogP contribution in [-0.2, 0) is 6.42 Å². The zero-order chi connectivity index (χ0) is 14.7. The number of nitrogens with one attached hydrogen (secondary N) is 1. The Morgan fingerprint density at radius 3 is 2.86 bits per heavy atom. The molecule has 2 aromatic rings. The molecule has 0 aliphatic carbocycles. The van der Waals surface area contributed by atoms with E-state index in [-0.39, 0.29) is 0 Å². The maximum absolute atomic E-state index is 5.70. The second-order valence-corrected chi connectivity index (χ2v) is 5.68. The summed E-state index contributed by atoms with van der Waals surface area (Å²) in [6.07, 6.45) is 2.24. The zero-order valence-electron chi connectivity index (χ0n) is 12.9. The third-order valence-corrected chi connectivity index (χ3v) is 4.14. The highest BCUT2D eigenvalue weighted by Gasteiger charge is 2.12. The summed E-state index contributed by atoms with van der Waals surface area (Å²) in [5.41, 5.74) is 5.24. The van der Waals surface area contributed by atoms with Crippen molar-refractivity contribution < 1.29 is 4.74 Å². The number of rotatable bonds is 4. The van der Waals surface area contributed by atoms with Crippen molar-refractivity contribution in [3.8, 4) is 16.9 Å². The Labute approximate surface area is 127 Å². The van der Waals surface area contributed by atoms with E-state index in [0.717, 1.165) is 31.7 Å². The van der Waals surface area contributed by atoms with Crippen molar-refractivity contribution in [2.24, 2.45) is 0 Å². The summed E-state index contributed by atoms with van der Waals surface area (Å²) in [5.74, 6) is 1.06. The van der Waals surface area contributed by atoms with E-state index in [4.69, 9.17) is 4.74 Å². The van der Waals surface area contributed by atoms with Gasteiger partial charge in [0.05, 0.1) is 6.61 Å². The van der Waals surface area contributed by atoms with Crippen LogP contribution in [0.15, 0.2) is 42.5 Å². The maximum atomic E-state index is 5.70. The second-order valence-electron chi connectivity index (χ2n) is 5.68. The lowest BCUT2D eigenvalue weighted by Crippen LogP contribution is -2.17. The summed E-state index contributed by atoms with van der Waals surface area (Å²) in [7, 11) is 0. The summed E-state index contributed by atoms with van der Waals surface area (Å²) in [6, 6.07) is 15.8. The molecule has 0 aromatic heterocycles. The molecular weight excluding hydrogens is 258 g/mol. The van der Waals surface area contributed by atoms with Crippen LogP contribution in [-0.4, -0.2) is 13.2 Å². The molecule has 110 valence electrons. The highest BCUT2D eigenvalue weighted by molar-refractivity contribution is 5.66. The Bertz CT molecular complexity index is 621. The summed E-state index contributed by atoms with van der Waals surface area (Å²) in [6.45, 7) is 6.19. The van der Waals surface area contributed by atoms with E-state index in [2.05, 4.69) is 61.6 Å². The van der Waals surface area contributed by atoms with Crippen molar-refractivity contribution in [2.75, 3.05) is 13.2 Å². The minimum absolute atomic E-state index is 0.385. The van der Waals surface area contributed by atoms with Gasteiger partial charge in [-0.05, 0) is 66.8 Å². The van der Waals surface area contributed by atoms with Gasteiger partial charge >= 0.3 is 0 Å². The zero-order valence-corrected chi connectivity index (χ0v) is 12.9. The number of benzene rings is 2. The molecule has 21 heavy (non-hydrogen) atoms. The lowest BCUT2D eigenvalue weighted by Gasteiger charge is -2.18. The highest BCUT2D eigenvalue weighted by Crippen LogP contribution is 2.31. The van der Waals surface area contributed by atoms with Crippen LogP contribution in [0.3, 0.4) is 0 Å². The van der Waals surface area contributed by atoms with Gasteiger partial charge in [0.15, 0.2) is 0 Å². The Morgan fingerprint density at radius 2 is 2.00 bits per heavy atom. The van der Waals surface area contributed by atoms with Crippen LogP contribution < -0.4 is 10.1 Å². The van der Waals surface area contributed by atoms with E-state index in [1.54, 1.807) is 0 Å². The van der Waals surface area contributed by atoms with Gasteiger partial charge < -0.3 is 10.1 Å². The summed E-state index contributed by atoms with van der Waals surface area (Å²) < 4.78 is 5.70. The van der Waals surface area contributed by atoms with Crippen molar-refractivity contribution in [1.29, 1.82) is 0 Å². The molecule has 1 unspecified atom stereocenters. The minimum Gasteiger partial charge on any atom is -0.493 e.